The molecule has 134 valence electrons. The van der Waals surface area contributed by atoms with E-state index >= 15 is 0 Å². The molecule has 0 saturated heterocycles. The molecular weight excluding hydrogens is 372 g/mol. The Morgan fingerprint density at radius 2 is 1.96 bits per heavy atom. The summed E-state index contributed by atoms with van der Waals surface area (Å²) in [6.07, 6.45) is 0. The fraction of sp³-hybridized carbons (Fsp3) is 0.235. The van der Waals surface area contributed by atoms with Crippen molar-refractivity contribution in [3.63, 3.8) is 0 Å². The van der Waals surface area contributed by atoms with Crippen molar-refractivity contribution in [2.24, 2.45) is 0 Å². The van der Waals surface area contributed by atoms with Gasteiger partial charge in [0.2, 0.25) is 5.91 Å². The van der Waals surface area contributed by atoms with Gasteiger partial charge in [-0.1, -0.05) is 11.6 Å². The molecule has 0 saturated carbocycles. The van der Waals surface area contributed by atoms with E-state index in [1.807, 2.05) is 31.2 Å². The molecule has 1 N–H and O–H groups in total. The lowest BCUT2D eigenvalue weighted by molar-refractivity contribution is -0.113. The molecule has 0 radical (unpaired) electrons. The molecule has 0 spiro atoms. The molecule has 8 heteroatoms. The molecule has 0 atom stereocenters. The van der Waals surface area contributed by atoms with Gasteiger partial charge in [0.1, 0.15) is 11.5 Å². The summed E-state index contributed by atoms with van der Waals surface area (Å²) in [5.41, 5.74) is 0.406. The molecule has 0 unspecified atom stereocenters. The third kappa shape index (κ3) is 6.43. The number of amides is 1. The van der Waals surface area contributed by atoms with Crippen molar-refractivity contribution in [3.8, 4) is 11.5 Å². The zero-order valence-corrected chi connectivity index (χ0v) is 14.9. The third-order valence-corrected chi connectivity index (χ3v) is 4.24. The fourth-order valence-electron chi connectivity index (χ4n) is 1.91. The Balaban J connectivity index is 1.86. The number of carbonyl (C=O) groups excluding carboxylic acids is 1. The Kier molecular flexibility index (Phi) is 7.33. The largest absolute Gasteiger partial charge is 0.494 e. The van der Waals surface area contributed by atoms with Gasteiger partial charge in [0, 0.05) is 10.6 Å². The number of alkyl halides is 2. The van der Waals surface area contributed by atoms with Gasteiger partial charge < -0.3 is 14.8 Å². The van der Waals surface area contributed by atoms with E-state index in [0.717, 1.165) is 10.6 Å². The minimum Gasteiger partial charge on any atom is -0.494 e. The first-order valence-electron chi connectivity index (χ1n) is 7.38. The number of halogens is 3. The van der Waals surface area contributed by atoms with Crippen molar-refractivity contribution in [1.82, 2.24) is 0 Å². The standard InChI is InChI=1S/C17H16ClF2NO3S/c1-2-23-12-4-6-13(7-5-12)25-10-16(22)21-11-3-8-15(14(18)9-11)24-17(19)20/h3-9,17H,2,10H2,1H3,(H,21,22). The number of nitrogens with one attached hydrogen (secondary N) is 1. The van der Waals surface area contributed by atoms with Crippen molar-refractivity contribution >= 4 is 35.0 Å². The number of anilines is 1. The third-order valence-electron chi connectivity index (χ3n) is 2.94. The molecule has 2 aromatic rings. The van der Waals surface area contributed by atoms with Crippen molar-refractivity contribution in [2.45, 2.75) is 18.4 Å². The molecular formula is C17H16ClF2NO3S. The molecule has 0 bridgehead atoms. The average Bonchev–Trinajstić information content (AvgIpc) is 2.57. The highest BCUT2D eigenvalue weighted by atomic mass is 35.5. The first-order chi connectivity index (χ1) is 12.0. The van der Waals surface area contributed by atoms with Crippen LogP contribution in [-0.2, 0) is 4.79 Å². The van der Waals surface area contributed by atoms with E-state index in [4.69, 9.17) is 16.3 Å². The minimum absolute atomic E-state index is 0.00253. The molecule has 0 aliphatic rings. The molecule has 2 aromatic carbocycles. The van der Waals surface area contributed by atoms with E-state index in [-0.39, 0.29) is 22.4 Å². The summed E-state index contributed by atoms with van der Waals surface area (Å²) >= 11 is 7.21. The lowest BCUT2D eigenvalue weighted by atomic mass is 10.3. The second-order valence-electron chi connectivity index (χ2n) is 4.76. The van der Waals surface area contributed by atoms with Gasteiger partial charge in [-0.3, -0.25) is 4.79 Å². The molecule has 25 heavy (non-hydrogen) atoms. The lowest BCUT2D eigenvalue weighted by Gasteiger charge is -2.09. The zero-order valence-electron chi connectivity index (χ0n) is 13.3. The number of benzene rings is 2. The van der Waals surface area contributed by atoms with Crippen molar-refractivity contribution in [1.29, 1.82) is 0 Å². The Hall–Kier alpha value is -1.99. The van der Waals surface area contributed by atoms with Gasteiger partial charge in [0.15, 0.2) is 0 Å². The molecule has 0 heterocycles. The molecule has 4 nitrogen and oxygen atoms in total. The normalized spacial score (nSPS) is 10.6. The van der Waals surface area contributed by atoms with Crippen LogP contribution in [-0.4, -0.2) is 24.9 Å². The lowest BCUT2D eigenvalue weighted by Crippen LogP contribution is -2.14. The number of hydrogen-bond donors (Lipinski definition) is 1. The SMILES string of the molecule is CCOc1ccc(SCC(=O)Nc2ccc(OC(F)F)c(Cl)c2)cc1. The van der Waals surface area contributed by atoms with Crippen molar-refractivity contribution in [2.75, 3.05) is 17.7 Å². The monoisotopic (exact) mass is 387 g/mol. The van der Waals surface area contributed by atoms with E-state index in [1.54, 1.807) is 0 Å². The Morgan fingerprint density at radius 3 is 2.56 bits per heavy atom. The van der Waals surface area contributed by atoms with Gasteiger partial charge in [-0.15, -0.1) is 11.8 Å². The highest BCUT2D eigenvalue weighted by Gasteiger charge is 2.10. The quantitative estimate of drug-likeness (QED) is 0.642. The van der Waals surface area contributed by atoms with Gasteiger partial charge in [-0.2, -0.15) is 8.78 Å². The molecule has 2 rings (SSSR count). The second-order valence-corrected chi connectivity index (χ2v) is 6.22. The van der Waals surface area contributed by atoms with E-state index in [2.05, 4.69) is 10.1 Å². The summed E-state index contributed by atoms with van der Waals surface area (Å²) in [6.45, 7) is -0.451. The highest BCUT2D eigenvalue weighted by Crippen LogP contribution is 2.29. The Morgan fingerprint density at radius 1 is 1.24 bits per heavy atom. The van der Waals surface area contributed by atoms with Crippen LogP contribution in [0.5, 0.6) is 11.5 Å². The van der Waals surface area contributed by atoms with Crippen LogP contribution in [0.15, 0.2) is 47.4 Å². The van der Waals surface area contributed by atoms with Crippen LogP contribution < -0.4 is 14.8 Å². The van der Waals surface area contributed by atoms with Crippen molar-refractivity contribution < 1.29 is 23.0 Å². The van der Waals surface area contributed by atoms with E-state index < -0.39 is 6.61 Å². The number of ether oxygens (including phenoxy) is 2. The predicted octanol–water partition coefficient (Wildman–Crippen LogP) is 5.07. The highest BCUT2D eigenvalue weighted by molar-refractivity contribution is 8.00. The van der Waals surface area contributed by atoms with Gasteiger partial charge in [0.05, 0.1) is 17.4 Å². The summed E-state index contributed by atoms with van der Waals surface area (Å²) in [6, 6.07) is 11.5. The Labute approximate surface area is 153 Å². The minimum atomic E-state index is -2.96. The second kappa shape index (κ2) is 9.48. The maximum atomic E-state index is 12.2. The van der Waals surface area contributed by atoms with Crippen LogP contribution in [0.1, 0.15) is 6.92 Å². The number of rotatable bonds is 8. The van der Waals surface area contributed by atoms with Crippen molar-refractivity contribution in [3.05, 3.63) is 47.5 Å². The molecule has 0 aliphatic carbocycles. The summed E-state index contributed by atoms with van der Waals surface area (Å²) in [5, 5.41) is 2.65. The molecule has 1 amide bonds. The first kappa shape index (κ1) is 19.3. The fourth-order valence-corrected chi connectivity index (χ4v) is 2.84. The van der Waals surface area contributed by atoms with Gasteiger partial charge in [-0.05, 0) is 49.4 Å². The zero-order chi connectivity index (χ0) is 18.2. The van der Waals surface area contributed by atoms with E-state index in [9.17, 15) is 13.6 Å². The Bertz CT molecular complexity index is 714. The van der Waals surface area contributed by atoms with Crippen LogP contribution in [0.4, 0.5) is 14.5 Å². The summed E-state index contributed by atoms with van der Waals surface area (Å²) in [4.78, 5) is 12.9. The topological polar surface area (TPSA) is 47.6 Å². The van der Waals surface area contributed by atoms with Crippen LogP contribution in [0, 0.1) is 0 Å². The van der Waals surface area contributed by atoms with E-state index in [1.165, 1.54) is 30.0 Å². The maximum absolute atomic E-state index is 12.2. The van der Waals surface area contributed by atoms with E-state index in [0.29, 0.717) is 12.3 Å². The van der Waals surface area contributed by atoms with Crippen LogP contribution in [0.2, 0.25) is 5.02 Å². The van der Waals surface area contributed by atoms with Crippen LogP contribution in [0.25, 0.3) is 0 Å². The summed E-state index contributed by atoms with van der Waals surface area (Å²) in [5.74, 6) is 0.592. The smallest absolute Gasteiger partial charge is 0.387 e. The number of thioether (sulfide) groups is 1. The summed E-state index contributed by atoms with van der Waals surface area (Å²) < 4.78 is 34.0. The maximum Gasteiger partial charge on any atom is 0.387 e. The number of carbonyl (C=O) groups is 1. The molecule has 0 fully saturated rings. The van der Waals surface area contributed by atoms with Gasteiger partial charge >= 0.3 is 6.61 Å². The first-order valence-corrected chi connectivity index (χ1v) is 8.74. The average molecular weight is 388 g/mol. The molecule has 0 aliphatic heterocycles. The molecule has 0 aromatic heterocycles. The summed E-state index contributed by atoms with van der Waals surface area (Å²) in [7, 11) is 0. The van der Waals surface area contributed by atoms with Gasteiger partial charge in [-0.25, -0.2) is 0 Å². The van der Waals surface area contributed by atoms with Gasteiger partial charge in [0.25, 0.3) is 0 Å². The van der Waals surface area contributed by atoms with Crippen LogP contribution in [0.3, 0.4) is 0 Å². The number of hydrogen-bond acceptors (Lipinski definition) is 4. The predicted molar refractivity (Wildman–Crippen MR) is 95.0 cm³/mol. The van der Waals surface area contributed by atoms with Crippen LogP contribution >= 0.6 is 23.4 Å².